The predicted molar refractivity (Wildman–Crippen MR) is 47.6 cm³/mol. The van der Waals surface area contributed by atoms with Gasteiger partial charge in [-0.05, 0) is 0 Å². The Morgan fingerprint density at radius 1 is 1.33 bits per heavy atom. The van der Waals surface area contributed by atoms with Gasteiger partial charge in [-0.2, -0.15) is 0 Å². The second-order valence-electron chi connectivity index (χ2n) is 3.46. The number of hydrogen-bond acceptors (Lipinski definition) is 6. The maximum Gasteiger partial charge on any atom is 0.217 e. The molecule has 1 amide bonds. The molecule has 5 atom stereocenters. The summed E-state index contributed by atoms with van der Waals surface area (Å²) >= 11 is 0. The van der Waals surface area contributed by atoms with E-state index in [1.165, 1.54) is 6.92 Å². The van der Waals surface area contributed by atoms with Gasteiger partial charge in [0.05, 0.1) is 6.61 Å². The Morgan fingerprint density at radius 2 is 1.93 bits per heavy atom. The minimum atomic E-state index is -1.45. The summed E-state index contributed by atoms with van der Waals surface area (Å²) in [7, 11) is 0. The van der Waals surface area contributed by atoms with Crippen molar-refractivity contribution in [3.05, 3.63) is 0 Å². The molecule has 0 bridgehead atoms. The smallest absolute Gasteiger partial charge is 0.217 e. The molecule has 0 spiro atoms. The summed E-state index contributed by atoms with van der Waals surface area (Å²) < 4.78 is 4.81. The molecule has 1 heterocycles. The Balaban J connectivity index is 2.70. The number of carbonyl (C=O) groups is 1. The van der Waals surface area contributed by atoms with Crippen molar-refractivity contribution in [3.8, 4) is 0 Å². The molecule has 0 aromatic heterocycles. The van der Waals surface area contributed by atoms with E-state index >= 15 is 0 Å². The number of hydrogen-bond donors (Lipinski definition) is 5. The molecule has 0 aromatic carbocycles. The Labute approximate surface area is 86.3 Å². The van der Waals surface area contributed by atoms with Gasteiger partial charge in [-0.3, -0.25) is 4.79 Å². The first-order valence-corrected chi connectivity index (χ1v) is 4.55. The second-order valence-corrected chi connectivity index (χ2v) is 3.46. The Kier molecular flexibility index (Phi) is 4.00. The number of aliphatic hydroxyl groups excluding tert-OH is 4. The Bertz CT molecular complexity index is 235. The molecule has 1 fully saturated rings. The van der Waals surface area contributed by atoms with Crippen molar-refractivity contribution >= 4 is 5.91 Å². The zero-order valence-electron chi connectivity index (χ0n) is 8.20. The van der Waals surface area contributed by atoms with Crippen LogP contribution in [0.25, 0.3) is 0 Å². The van der Waals surface area contributed by atoms with Gasteiger partial charge < -0.3 is 30.5 Å². The first-order chi connectivity index (χ1) is 6.97. The number of amides is 1. The second kappa shape index (κ2) is 4.86. The van der Waals surface area contributed by atoms with Crippen LogP contribution in [0.3, 0.4) is 0 Å². The lowest BCUT2D eigenvalue weighted by molar-refractivity contribution is -0.253. The number of nitrogens with one attached hydrogen (secondary N) is 1. The zero-order chi connectivity index (χ0) is 11.6. The van der Waals surface area contributed by atoms with Gasteiger partial charge in [-0.1, -0.05) is 0 Å². The van der Waals surface area contributed by atoms with Crippen LogP contribution in [0, 0.1) is 0 Å². The van der Waals surface area contributed by atoms with Crippen molar-refractivity contribution in [3.63, 3.8) is 0 Å². The van der Waals surface area contributed by atoms with Crippen molar-refractivity contribution < 1.29 is 30.0 Å². The van der Waals surface area contributed by atoms with Gasteiger partial charge in [0.15, 0.2) is 6.29 Å². The van der Waals surface area contributed by atoms with Crippen molar-refractivity contribution in [1.29, 1.82) is 0 Å². The molecule has 1 rings (SSSR count). The van der Waals surface area contributed by atoms with E-state index in [4.69, 9.17) is 9.84 Å². The van der Waals surface area contributed by atoms with E-state index in [9.17, 15) is 20.1 Å². The summed E-state index contributed by atoms with van der Waals surface area (Å²) in [6.07, 6.45) is -5.24. The van der Waals surface area contributed by atoms with Crippen molar-refractivity contribution in [2.24, 2.45) is 0 Å². The molecule has 15 heavy (non-hydrogen) atoms. The van der Waals surface area contributed by atoms with Gasteiger partial charge in [0.1, 0.15) is 24.4 Å². The standard InChI is InChI=1S/C8H15NO6/c1-3(11)9-5-7(13)6(12)4(2-10)15-8(5)14/h4-8,10,12-14H,2H2,1H3,(H,9,11)/t4-,5+,6-,7-,8-/m0/s1. The Hall–Kier alpha value is -0.730. The van der Waals surface area contributed by atoms with Gasteiger partial charge in [0.25, 0.3) is 0 Å². The van der Waals surface area contributed by atoms with Crippen LogP contribution in [-0.2, 0) is 9.53 Å². The molecule has 0 unspecified atom stereocenters. The molecule has 5 N–H and O–H groups in total. The van der Waals surface area contributed by atoms with Crippen LogP contribution in [0.2, 0.25) is 0 Å². The van der Waals surface area contributed by atoms with Crippen LogP contribution >= 0.6 is 0 Å². The minimum absolute atomic E-state index is 0.462. The van der Waals surface area contributed by atoms with E-state index in [-0.39, 0.29) is 0 Å². The van der Waals surface area contributed by atoms with E-state index in [1.807, 2.05) is 0 Å². The van der Waals surface area contributed by atoms with E-state index in [0.717, 1.165) is 0 Å². The van der Waals surface area contributed by atoms with Gasteiger partial charge in [-0.15, -0.1) is 0 Å². The number of ether oxygens (including phenoxy) is 1. The highest BCUT2D eigenvalue weighted by Crippen LogP contribution is 2.19. The molecule has 1 aliphatic rings. The van der Waals surface area contributed by atoms with Gasteiger partial charge in [0, 0.05) is 6.92 Å². The molecule has 7 heteroatoms. The Morgan fingerprint density at radius 3 is 2.40 bits per heavy atom. The average molecular weight is 221 g/mol. The van der Waals surface area contributed by atoms with Crippen LogP contribution in [0.15, 0.2) is 0 Å². The molecular weight excluding hydrogens is 206 g/mol. The van der Waals surface area contributed by atoms with Crippen LogP contribution in [0.5, 0.6) is 0 Å². The van der Waals surface area contributed by atoms with Gasteiger partial charge >= 0.3 is 0 Å². The fourth-order valence-electron chi connectivity index (χ4n) is 1.49. The van der Waals surface area contributed by atoms with Crippen LogP contribution in [-0.4, -0.2) is 63.6 Å². The third-order valence-electron chi connectivity index (χ3n) is 2.27. The molecule has 0 saturated carbocycles. The van der Waals surface area contributed by atoms with E-state index < -0.39 is 43.2 Å². The zero-order valence-corrected chi connectivity index (χ0v) is 8.20. The molecule has 0 radical (unpaired) electrons. The van der Waals surface area contributed by atoms with Crippen molar-refractivity contribution in [2.45, 2.75) is 37.6 Å². The summed E-state index contributed by atoms with van der Waals surface area (Å²) in [5.74, 6) is -0.462. The maximum atomic E-state index is 10.7. The van der Waals surface area contributed by atoms with E-state index in [0.29, 0.717) is 0 Å². The predicted octanol–water partition coefficient (Wildman–Crippen LogP) is -3.08. The third-order valence-corrected chi connectivity index (χ3v) is 2.27. The lowest BCUT2D eigenvalue weighted by Crippen LogP contribution is -2.63. The van der Waals surface area contributed by atoms with Crippen molar-refractivity contribution in [1.82, 2.24) is 5.32 Å². The molecule has 7 nitrogen and oxygen atoms in total. The third kappa shape index (κ3) is 2.64. The summed E-state index contributed by atoms with van der Waals surface area (Å²) in [6, 6.07) is -1.10. The van der Waals surface area contributed by atoms with Crippen LogP contribution in [0.1, 0.15) is 6.92 Å². The molecular formula is C8H15NO6. The quantitative estimate of drug-likeness (QED) is 0.337. The number of rotatable bonds is 2. The normalized spacial score (nSPS) is 41.3. The highest BCUT2D eigenvalue weighted by Gasteiger charge is 2.43. The summed E-state index contributed by atoms with van der Waals surface area (Å²) in [4.78, 5) is 10.7. The lowest BCUT2D eigenvalue weighted by atomic mass is 9.97. The molecule has 0 aliphatic carbocycles. The highest BCUT2D eigenvalue weighted by atomic mass is 16.6. The first-order valence-electron chi connectivity index (χ1n) is 4.55. The SMILES string of the molecule is CC(=O)N[C@@H]1[C@H](O)[C@@H](O)[C@H](CO)O[C@@H]1O. The summed E-state index contributed by atoms with van der Waals surface area (Å²) in [5, 5.41) is 39.4. The maximum absolute atomic E-state index is 10.7. The fraction of sp³-hybridized carbons (Fsp3) is 0.875. The van der Waals surface area contributed by atoms with Gasteiger partial charge in [0.2, 0.25) is 5.91 Å². The molecule has 0 aromatic rings. The van der Waals surface area contributed by atoms with Crippen molar-refractivity contribution in [2.75, 3.05) is 6.61 Å². The monoisotopic (exact) mass is 221 g/mol. The van der Waals surface area contributed by atoms with Crippen LogP contribution < -0.4 is 5.32 Å². The van der Waals surface area contributed by atoms with Crippen LogP contribution in [0.4, 0.5) is 0 Å². The average Bonchev–Trinajstić information content (AvgIpc) is 2.18. The minimum Gasteiger partial charge on any atom is -0.394 e. The summed E-state index contributed by atoms with van der Waals surface area (Å²) in [5.41, 5.74) is 0. The van der Waals surface area contributed by atoms with Gasteiger partial charge in [-0.25, -0.2) is 0 Å². The number of aliphatic hydroxyl groups is 4. The fourth-order valence-corrected chi connectivity index (χ4v) is 1.49. The summed E-state index contributed by atoms with van der Waals surface area (Å²) in [6.45, 7) is 0.687. The molecule has 1 saturated heterocycles. The van der Waals surface area contributed by atoms with E-state index in [2.05, 4.69) is 5.32 Å². The largest absolute Gasteiger partial charge is 0.394 e. The highest BCUT2D eigenvalue weighted by molar-refractivity contribution is 5.73. The van der Waals surface area contributed by atoms with E-state index in [1.54, 1.807) is 0 Å². The number of carbonyl (C=O) groups excluding carboxylic acids is 1. The molecule has 88 valence electrons. The topological polar surface area (TPSA) is 119 Å². The lowest BCUT2D eigenvalue weighted by Gasteiger charge is -2.40. The molecule has 1 aliphatic heterocycles. The first kappa shape index (κ1) is 12.3.